The maximum atomic E-state index is 12.5. The van der Waals surface area contributed by atoms with Gasteiger partial charge in [0.05, 0.1) is 6.04 Å². The van der Waals surface area contributed by atoms with Gasteiger partial charge in [0.2, 0.25) is 14.2 Å². The van der Waals surface area contributed by atoms with Crippen LogP contribution < -0.4 is 0 Å². The van der Waals surface area contributed by atoms with E-state index >= 15 is 0 Å². The molecule has 0 fully saturated rings. The van der Waals surface area contributed by atoms with E-state index in [0.29, 0.717) is 0 Å². The fourth-order valence-electron chi connectivity index (χ4n) is 2.21. The molecule has 24 heavy (non-hydrogen) atoms. The molecule has 0 N–H and O–H groups in total. The first-order valence-electron chi connectivity index (χ1n) is 7.11. The SMILES string of the molecule is CC(=O)N(C[Si](C)(C)OS(=O)(=O)C(F)(F)F)[C@@H](C)c1ccccc1. The van der Waals surface area contributed by atoms with E-state index in [1.807, 2.05) is 0 Å². The molecule has 10 heteroatoms. The molecule has 0 aliphatic rings. The summed E-state index contributed by atoms with van der Waals surface area (Å²) in [5, 5.41) is 0. The first kappa shape index (κ1) is 20.7. The molecular formula is C14H20F3NO4SSi. The number of halogens is 3. The molecule has 1 amide bonds. The van der Waals surface area contributed by atoms with Crippen molar-refractivity contribution in [3.63, 3.8) is 0 Å². The fourth-order valence-corrected chi connectivity index (χ4v) is 6.49. The fraction of sp³-hybridized carbons (Fsp3) is 0.500. The maximum Gasteiger partial charge on any atom is 0.522 e. The van der Waals surface area contributed by atoms with Crippen molar-refractivity contribution in [2.45, 2.75) is 38.5 Å². The molecular weight excluding hydrogens is 363 g/mol. The monoisotopic (exact) mass is 383 g/mol. The van der Waals surface area contributed by atoms with E-state index < -0.39 is 30.0 Å². The van der Waals surface area contributed by atoms with E-state index in [0.717, 1.165) is 5.56 Å². The first-order valence-corrected chi connectivity index (χ1v) is 11.6. The van der Waals surface area contributed by atoms with Crippen molar-refractivity contribution >= 4 is 24.3 Å². The number of rotatable bonds is 6. The second-order valence-corrected chi connectivity index (χ2v) is 11.8. The van der Waals surface area contributed by atoms with Crippen molar-refractivity contribution in [2.24, 2.45) is 0 Å². The summed E-state index contributed by atoms with van der Waals surface area (Å²) in [5.74, 6) is -0.375. The Morgan fingerprint density at radius 2 is 1.75 bits per heavy atom. The van der Waals surface area contributed by atoms with E-state index in [4.69, 9.17) is 0 Å². The number of carbonyl (C=O) groups excluding carboxylic acids is 1. The zero-order valence-electron chi connectivity index (χ0n) is 13.8. The van der Waals surface area contributed by atoms with Gasteiger partial charge in [-0.25, -0.2) is 0 Å². The molecule has 0 radical (unpaired) electrons. The number of alkyl halides is 3. The number of nitrogens with zero attached hydrogens (tertiary/aromatic N) is 1. The summed E-state index contributed by atoms with van der Waals surface area (Å²) in [5.41, 5.74) is -4.69. The lowest BCUT2D eigenvalue weighted by molar-refractivity contribution is -0.130. The lowest BCUT2D eigenvalue weighted by Crippen LogP contribution is -2.50. The van der Waals surface area contributed by atoms with Crippen LogP contribution in [-0.2, 0) is 18.8 Å². The van der Waals surface area contributed by atoms with Gasteiger partial charge in [0.15, 0.2) is 0 Å². The van der Waals surface area contributed by atoms with Crippen LogP contribution in [0.1, 0.15) is 25.5 Å². The minimum atomic E-state index is -5.69. The normalized spacial score (nSPS) is 14.3. The molecule has 5 nitrogen and oxygen atoms in total. The molecule has 1 atom stereocenters. The van der Waals surface area contributed by atoms with Crippen LogP contribution >= 0.6 is 0 Å². The smallest absolute Gasteiger partial charge is 0.337 e. The van der Waals surface area contributed by atoms with Crippen molar-refractivity contribution in [3.8, 4) is 0 Å². The van der Waals surface area contributed by atoms with Crippen LogP contribution in [0, 0.1) is 0 Å². The lowest BCUT2D eigenvalue weighted by Gasteiger charge is -2.34. The van der Waals surface area contributed by atoms with Gasteiger partial charge in [-0.15, -0.1) is 0 Å². The molecule has 0 heterocycles. The van der Waals surface area contributed by atoms with Gasteiger partial charge < -0.3 is 8.77 Å². The van der Waals surface area contributed by atoms with Crippen LogP contribution in [0.4, 0.5) is 13.2 Å². The molecule has 0 spiro atoms. The average molecular weight is 383 g/mol. The first-order chi connectivity index (χ1) is 10.8. The van der Waals surface area contributed by atoms with Crippen LogP contribution in [0.3, 0.4) is 0 Å². The zero-order chi connectivity index (χ0) is 18.8. The molecule has 0 aromatic heterocycles. The Morgan fingerprint density at radius 3 is 2.17 bits per heavy atom. The van der Waals surface area contributed by atoms with Gasteiger partial charge in [0, 0.05) is 13.1 Å². The highest BCUT2D eigenvalue weighted by molar-refractivity contribution is 7.88. The second-order valence-electron chi connectivity index (χ2n) is 5.98. The van der Waals surface area contributed by atoms with Crippen molar-refractivity contribution in [1.82, 2.24) is 4.90 Å². The average Bonchev–Trinajstić information content (AvgIpc) is 2.42. The third-order valence-electron chi connectivity index (χ3n) is 3.32. The third-order valence-corrected chi connectivity index (χ3v) is 7.68. The highest BCUT2D eigenvalue weighted by Gasteiger charge is 2.50. The van der Waals surface area contributed by atoms with Crippen LogP contribution in [0.25, 0.3) is 0 Å². The van der Waals surface area contributed by atoms with Gasteiger partial charge in [-0.3, -0.25) is 4.79 Å². The molecule has 136 valence electrons. The topological polar surface area (TPSA) is 63.7 Å². The minimum Gasteiger partial charge on any atom is -0.337 e. The van der Waals surface area contributed by atoms with Gasteiger partial charge in [-0.05, 0) is 25.6 Å². The number of hydrogen-bond acceptors (Lipinski definition) is 4. The third kappa shape index (κ3) is 5.31. The van der Waals surface area contributed by atoms with Gasteiger partial charge in [0.1, 0.15) is 0 Å². The summed E-state index contributed by atoms with van der Waals surface area (Å²) in [7, 11) is -9.07. The molecule has 0 aliphatic heterocycles. The molecule has 0 unspecified atom stereocenters. The Balaban J connectivity index is 3.02. The molecule has 1 aromatic rings. The zero-order valence-corrected chi connectivity index (χ0v) is 15.6. The second kappa shape index (κ2) is 7.24. The van der Waals surface area contributed by atoms with E-state index in [1.54, 1.807) is 37.3 Å². The molecule has 1 aromatic carbocycles. The van der Waals surface area contributed by atoms with E-state index in [1.165, 1.54) is 24.9 Å². The Morgan fingerprint density at radius 1 is 1.25 bits per heavy atom. The predicted octanol–water partition coefficient (Wildman–Crippen LogP) is 3.21. The van der Waals surface area contributed by atoms with Crippen molar-refractivity contribution in [2.75, 3.05) is 6.17 Å². The van der Waals surface area contributed by atoms with Gasteiger partial charge in [0.25, 0.3) is 0 Å². The highest BCUT2D eigenvalue weighted by atomic mass is 32.2. The quantitative estimate of drug-likeness (QED) is 0.559. The van der Waals surface area contributed by atoms with Crippen LogP contribution in [0.15, 0.2) is 30.3 Å². The highest BCUT2D eigenvalue weighted by Crippen LogP contribution is 2.29. The molecule has 0 aliphatic carbocycles. The summed E-state index contributed by atoms with van der Waals surface area (Å²) in [6.07, 6.45) is -0.187. The molecule has 0 bridgehead atoms. The summed E-state index contributed by atoms with van der Waals surface area (Å²) >= 11 is 0. The van der Waals surface area contributed by atoms with Crippen LogP contribution in [-0.4, -0.2) is 39.2 Å². The lowest BCUT2D eigenvalue weighted by atomic mass is 10.1. The minimum absolute atomic E-state index is 0.187. The molecule has 1 rings (SSSR count). The van der Waals surface area contributed by atoms with E-state index in [-0.39, 0.29) is 12.1 Å². The Hall–Kier alpha value is -1.39. The standard InChI is InChI=1S/C14H20F3NO4SSi/c1-11(13-8-6-5-7-9-13)18(12(2)19)10-24(3,4)22-23(20,21)14(15,16)17/h5-9,11H,10H2,1-4H3/t11-/m0/s1. The Bertz CT molecular complexity index is 677. The van der Waals surface area contributed by atoms with Crippen molar-refractivity contribution < 1.29 is 30.3 Å². The maximum absolute atomic E-state index is 12.5. The van der Waals surface area contributed by atoms with Crippen molar-refractivity contribution in [1.29, 1.82) is 0 Å². The predicted molar refractivity (Wildman–Crippen MR) is 85.8 cm³/mol. The van der Waals surface area contributed by atoms with E-state index in [2.05, 4.69) is 3.87 Å². The van der Waals surface area contributed by atoms with Crippen molar-refractivity contribution in [3.05, 3.63) is 35.9 Å². The number of hydrogen-bond donors (Lipinski definition) is 0. The Kier molecular flexibility index (Phi) is 6.23. The number of amides is 1. The van der Waals surface area contributed by atoms with Gasteiger partial charge in [-0.1, -0.05) is 30.3 Å². The molecule has 0 saturated heterocycles. The van der Waals surface area contributed by atoms with Crippen LogP contribution in [0.5, 0.6) is 0 Å². The Labute approximate surface area is 140 Å². The van der Waals surface area contributed by atoms with Crippen LogP contribution in [0.2, 0.25) is 13.1 Å². The molecule has 0 saturated carbocycles. The summed E-state index contributed by atoms with van der Waals surface area (Å²) in [6, 6.07) is 8.48. The number of carbonyl (C=O) groups is 1. The summed E-state index contributed by atoms with van der Waals surface area (Å²) < 4.78 is 64.5. The summed E-state index contributed by atoms with van der Waals surface area (Å²) in [4.78, 5) is 13.2. The summed E-state index contributed by atoms with van der Waals surface area (Å²) in [6.45, 7) is 5.65. The largest absolute Gasteiger partial charge is 0.522 e. The number of benzene rings is 1. The van der Waals surface area contributed by atoms with E-state index in [9.17, 15) is 26.4 Å². The van der Waals surface area contributed by atoms with Gasteiger partial charge in [-0.2, -0.15) is 21.6 Å². The van der Waals surface area contributed by atoms with Gasteiger partial charge >= 0.3 is 15.6 Å².